The lowest BCUT2D eigenvalue weighted by Gasteiger charge is -2.06. The van der Waals surface area contributed by atoms with Crippen LogP contribution >= 0.6 is 0 Å². The maximum Gasteiger partial charge on any atom is 0.275 e. The number of aromatic nitrogens is 2. The highest BCUT2D eigenvalue weighted by atomic mass is 16.7. The second-order valence-corrected chi connectivity index (χ2v) is 5.88. The Morgan fingerprint density at radius 1 is 1.12 bits per heavy atom. The van der Waals surface area contributed by atoms with Gasteiger partial charge in [-0.3, -0.25) is 9.59 Å². The van der Waals surface area contributed by atoms with Crippen molar-refractivity contribution in [3.05, 3.63) is 35.2 Å². The first-order valence-electron chi connectivity index (χ1n) is 7.98. The van der Waals surface area contributed by atoms with E-state index in [9.17, 15) is 9.59 Å². The van der Waals surface area contributed by atoms with Gasteiger partial charge in [0.2, 0.25) is 6.79 Å². The molecular weight excluding hydrogens is 328 g/mol. The monoisotopic (exact) mass is 344 g/mol. The van der Waals surface area contributed by atoms with E-state index in [2.05, 4.69) is 25.6 Å². The van der Waals surface area contributed by atoms with Crippen LogP contribution in [0, 0.1) is 0 Å². The molecule has 9 nitrogen and oxygen atoms in total. The van der Waals surface area contributed by atoms with Crippen molar-refractivity contribution in [2.75, 3.05) is 6.79 Å². The zero-order valence-corrected chi connectivity index (χ0v) is 13.4. The van der Waals surface area contributed by atoms with Crippen LogP contribution in [0.25, 0.3) is 0 Å². The van der Waals surface area contributed by atoms with Crippen molar-refractivity contribution in [2.24, 2.45) is 0 Å². The van der Waals surface area contributed by atoms with Crippen LogP contribution in [0.1, 0.15) is 39.9 Å². The molecule has 2 heterocycles. The second kappa shape index (κ2) is 6.08. The molecule has 0 spiro atoms. The SMILES string of the molecule is CCc1nonc1C(=O)N[C@@H]1C[C@H]1NC(=O)c1ccc2c(c1)OCO2. The van der Waals surface area contributed by atoms with Crippen LogP contribution in [0.4, 0.5) is 0 Å². The molecule has 1 fully saturated rings. The van der Waals surface area contributed by atoms with Crippen LogP contribution in [0.15, 0.2) is 22.8 Å². The summed E-state index contributed by atoms with van der Waals surface area (Å²) in [6.45, 7) is 2.02. The van der Waals surface area contributed by atoms with E-state index in [1.165, 1.54) is 0 Å². The van der Waals surface area contributed by atoms with Crippen LogP contribution in [-0.4, -0.2) is 41.0 Å². The normalized spacial score (nSPS) is 20.2. The third-order valence-electron chi connectivity index (χ3n) is 4.16. The molecule has 2 amide bonds. The predicted molar refractivity (Wildman–Crippen MR) is 83.4 cm³/mol. The van der Waals surface area contributed by atoms with Gasteiger partial charge in [0.25, 0.3) is 11.8 Å². The number of nitrogens with zero attached hydrogens (tertiary/aromatic N) is 2. The van der Waals surface area contributed by atoms with Crippen LogP contribution in [-0.2, 0) is 6.42 Å². The van der Waals surface area contributed by atoms with Gasteiger partial charge in [0.05, 0.1) is 12.1 Å². The molecule has 0 saturated heterocycles. The van der Waals surface area contributed by atoms with E-state index in [4.69, 9.17) is 9.47 Å². The summed E-state index contributed by atoms with van der Waals surface area (Å²) < 4.78 is 15.1. The summed E-state index contributed by atoms with van der Waals surface area (Å²) in [5.74, 6) is 0.611. The van der Waals surface area contributed by atoms with Gasteiger partial charge >= 0.3 is 0 Å². The van der Waals surface area contributed by atoms with E-state index in [0.717, 1.165) is 0 Å². The molecular formula is C16H16N4O5. The van der Waals surface area contributed by atoms with Gasteiger partial charge < -0.3 is 20.1 Å². The average molecular weight is 344 g/mol. The molecule has 1 saturated carbocycles. The van der Waals surface area contributed by atoms with Gasteiger partial charge in [0.15, 0.2) is 17.2 Å². The van der Waals surface area contributed by atoms with Crippen molar-refractivity contribution in [1.29, 1.82) is 0 Å². The molecule has 2 N–H and O–H groups in total. The summed E-state index contributed by atoms with van der Waals surface area (Å²) in [4.78, 5) is 24.4. The maximum absolute atomic E-state index is 12.3. The molecule has 1 aliphatic carbocycles. The second-order valence-electron chi connectivity index (χ2n) is 5.88. The molecule has 2 aliphatic rings. The summed E-state index contributed by atoms with van der Waals surface area (Å²) in [5.41, 5.74) is 1.18. The van der Waals surface area contributed by atoms with Gasteiger partial charge in [-0.2, -0.15) is 0 Å². The summed E-state index contributed by atoms with van der Waals surface area (Å²) >= 11 is 0. The Labute approximate surface area is 142 Å². The first-order chi connectivity index (χ1) is 12.2. The lowest BCUT2D eigenvalue weighted by molar-refractivity contribution is 0.0920. The number of nitrogens with one attached hydrogen (secondary N) is 2. The Bertz CT molecular complexity index is 834. The van der Waals surface area contributed by atoms with E-state index >= 15 is 0 Å². The van der Waals surface area contributed by atoms with Crippen LogP contribution in [0.5, 0.6) is 11.5 Å². The molecule has 4 rings (SSSR count). The smallest absolute Gasteiger partial charge is 0.275 e. The molecule has 0 bridgehead atoms. The fraction of sp³-hybridized carbons (Fsp3) is 0.375. The highest BCUT2D eigenvalue weighted by Crippen LogP contribution is 2.32. The Kier molecular flexibility index (Phi) is 3.75. The van der Waals surface area contributed by atoms with E-state index in [1.807, 2.05) is 6.92 Å². The maximum atomic E-state index is 12.3. The quantitative estimate of drug-likeness (QED) is 0.818. The molecule has 2 aromatic rings. The van der Waals surface area contributed by atoms with Crippen molar-refractivity contribution in [3.63, 3.8) is 0 Å². The molecule has 25 heavy (non-hydrogen) atoms. The van der Waals surface area contributed by atoms with E-state index in [-0.39, 0.29) is 36.4 Å². The number of aryl methyl sites for hydroxylation is 1. The lowest BCUT2D eigenvalue weighted by Crippen LogP contribution is -2.35. The Morgan fingerprint density at radius 2 is 1.88 bits per heavy atom. The fourth-order valence-electron chi connectivity index (χ4n) is 2.65. The molecule has 1 aliphatic heterocycles. The number of hydrogen-bond donors (Lipinski definition) is 2. The number of ether oxygens (including phenoxy) is 2. The first kappa shape index (κ1) is 15.4. The summed E-state index contributed by atoms with van der Waals surface area (Å²) in [6.07, 6.45) is 1.22. The minimum absolute atomic E-state index is 0.119. The number of carbonyl (C=O) groups is 2. The number of amides is 2. The molecule has 0 radical (unpaired) electrons. The van der Waals surface area contributed by atoms with Gasteiger partial charge in [0, 0.05) is 5.56 Å². The zero-order valence-electron chi connectivity index (χ0n) is 13.4. The average Bonchev–Trinajstić information content (AvgIpc) is 3.06. The zero-order chi connectivity index (χ0) is 17.4. The molecule has 1 aromatic heterocycles. The summed E-state index contributed by atoms with van der Waals surface area (Å²) in [5, 5.41) is 13.0. The number of rotatable bonds is 5. The number of fused-ring (bicyclic) bond motifs is 1. The molecule has 130 valence electrons. The van der Waals surface area contributed by atoms with Crippen molar-refractivity contribution < 1.29 is 23.7 Å². The van der Waals surface area contributed by atoms with Gasteiger partial charge in [-0.1, -0.05) is 12.1 Å². The Morgan fingerprint density at radius 3 is 2.68 bits per heavy atom. The van der Waals surface area contributed by atoms with Crippen LogP contribution < -0.4 is 20.1 Å². The van der Waals surface area contributed by atoms with Crippen LogP contribution in [0.2, 0.25) is 0 Å². The summed E-state index contributed by atoms with van der Waals surface area (Å²) in [6, 6.07) is 4.77. The van der Waals surface area contributed by atoms with E-state index < -0.39 is 0 Å². The Balaban J connectivity index is 1.33. The number of hydrogen-bond acceptors (Lipinski definition) is 7. The Hall–Kier alpha value is -3.10. The van der Waals surface area contributed by atoms with Gasteiger partial charge in [-0.15, -0.1) is 0 Å². The van der Waals surface area contributed by atoms with Crippen molar-refractivity contribution in [1.82, 2.24) is 20.9 Å². The highest BCUT2D eigenvalue weighted by Gasteiger charge is 2.40. The minimum atomic E-state index is -0.345. The van der Waals surface area contributed by atoms with Crippen molar-refractivity contribution in [3.8, 4) is 11.5 Å². The van der Waals surface area contributed by atoms with Crippen molar-refractivity contribution in [2.45, 2.75) is 31.8 Å². The largest absolute Gasteiger partial charge is 0.454 e. The highest BCUT2D eigenvalue weighted by molar-refractivity contribution is 5.96. The van der Waals surface area contributed by atoms with E-state index in [0.29, 0.717) is 35.6 Å². The molecule has 9 heteroatoms. The van der Waals surface area contributed by atoms with Crippen LogP contribution in [0.3, 0.4) is 0 Å². The van der Waals surface area contributed by atoms with Gasteiger partial charge in [0.1, 0.15) is 5.69 Å². The number of benzene rings is 1. The van der Waals surface area contributed by atoms with Crippen molar-refractivity contribution >= 4 is 11.8 Å². The summed E-state index contributed by atoms with van der Waals surface area (Å²) in [7, 11) is 0. The minimum Gasteiger partial charge on any atom is -0.454 e. The molecule has 2 atom stereocenters. The standard InChI is InChI=1S/C16H16N4O5/c1-2-9-14(20-25-19-9)16(22)18-11-6-10(11)17-15(21)8-3-4-12-13(5-8)24-7-23-12/h3-5,10-11H,2,6-7H2,1H3,(H,17,21)(H,18,22)/t10-,11-/m1/s1. The van der Waals surface area contributed by atoms with Gasteiger partial charge in [-0.25, -0.2) is 4.63 Å². The van der Waals surface area contributed by atoms with E-state index in [1.54, 1.807) is 18.2 Å². The lowest BCUT2D eigenvalue weighted by atomic mass is 10.2. The predicted octanol–water partition coefficient (Wildman–Crippen LogP) is 0.661. The van der Waals surface area contributed by atoms with Gasteiger partial charge in [-0.05, 0) is 36.2 Å². The topological polar surface area (TPSA) is 116 Å². The molecule has 1 aromatic carbocycles. The third kappa shape index (κ3) is 3.00. The number of carbonyl (C=O) groups excluding carboxylic acids is 2. The molecule has 0 unspecified atom stereocenters. The first-order valence-corrected chi connectivity index (χ1v) is 7.98. The fourth-order valence-corrected chi connectivity index (χ4v) is 2.65. The third-order valence-corrected chi connectivity index (χ3v) is 4.16.